The molecule has 234 valence electrons. The third kappa shape index (κ3) is 6.25. The smallest absolute Gasteiger partial charge is 0.333 e. The first-order valence-corrected chi connectivity index (χ1v) is 16.2. The number of carbonyl (C=O) groups excluding carboxylic acids is 1. The minimum atomic E-state index is -4.03. The number of alkyl halides is 2. The molecule has 0 unspecified atom stereocenters. The van der Waals surface area contributed by atoms with Gasteiger partial charge in [0, 0.05) is 58.6 Å². The van der Waals surface area contributed by atoms with Gasteiger partial charge in [-0.1, -0.05) is 29.8 Å². The van der Waals surface area contributed by atoms with Crippen LogP contribution in [0.3, 0.4) is 0 Å². The molecule has 6 rings (SSSR count). The van der Waals surface area contributed by atoms with E-state index in [2.05, 4.69) is 19.5 Å². The zero-order valence-electron chi connectivity index (χ0n) is 23.4. The normalized spacial score (nSPS) is 18.4. The van der Waals surface area contributed by atoms with E-state index in [0.29, 0.717) is 37.9 Å². The van der Waals surface area contributed by atoms with E-state index < -0.39 is 40.4 Å². The van der Waals surface area contributed by atoms with Crippen molar-refractivity contribution in [2.45, 2.75) is 36.4 Å². The summed E-state index contributed by atoms with van der Waals surface area (Å²) in [5, 5.41) is 6.48. The number of rotatable bonds is 9. The number of aliphatic imine (C=N–C) groups is 1. The highest BCUT2D eigenvalue weighted by Gasteiger charge is 2.42. The Hall–Kier alpha value is -4.05. The number of ether oxygens (including phenoxy) is 1. The molecule has 2 aromatic heterocycles. The average molecular weight is 677 g/mol. The molecule has 1 saturated heterocycles. The highest BCUT2D eigenvalue weighted by atomic mass is 35.5. The van der Waals surface area contributed by atoms with Gasteiger partial charge in [0.2, 0.25) is 10.0 Å². The van der Waals surface area contributed by atoms with E-state index in [1.54, 1.807) is 16.5 Å². The van der Waals surface area contributed by atoms with Crippen molar-refractivity contribution in [2.24, 2.45) is 4.99 Å². The number of carbonyl (C=O) groups is 1. The third-order valence-electron chi connectivity index (χ3n) is 7.36. The summed E-state index contributed by atoms with van der Waals surface area (Å²) in [6.45, 7) is -2.75. The number of hydrogen-bond acceptors (Lipinski definition) is 9. The summed E-state index contributed by atoms with van der Waals surface area (Å²) in [5.74, 6) is -0.585. The SMILES string of the molecule is COC(=O)Cc1ccc(S(=O)(=O)N[C@H]2CC3=C(c4ccn(C(F)F)n4)[C@H](c4ccc(F)cc4Cl)N=C(c4nccs4)N3C2)cc1. The third-order valence-corrected chi connectivity index (χ3v) is 9.99. The zero-order valence-corrected chi connectivity index (χ0v) is 25.8. The fraction of sp³-hybridized carbons (Fsp3) is 0.241. The van der Waals surface area contributed by atoms with Gasteiger partial charge in [-0.25, -0.2) is 27.2 Å². The lowest BCUT2D eigenvalue weighted by Crippen LogP contribution is -2.39. The molecule has 2 atom stereocenters. The van der Waals surface area contributed by atoms with Crippen LogP contribution in [0.4, 0.5) is 13.2 Å². The largest absolute Gasteiger partial charge is 0.469 e. The van der Waals surface area contributed by atoms with Gasteiger partial charge >= 0.3 is 12.5 Å². The van der Waals surface area contributed by atoms with Crippen LogP contribution in [0.1, 0.15) is 40.8 Å². The van der Waals surface area contributed by atoms with E-state index in [4.69, 9.17) is 16.6 Å². The van der Waals surface area contributed by atoms with E-state index in [0.717, 1.165) is 12.3 Å². The predicted molar refractivity (Wildman–Crippen MR) is 161 cm³/mol. The standard InChI is InChI=1S/C29H24ClF3N6O4S2/c1-43-24(40)12-16-2-5-19(6-3-16)45(41,42)37-18-14-23-25(22-8-10-39(36-22)29(32)33)26(20-7-4-17(31)13-21(20)30)35-27(38(23)15-18)28-34-9-11-44-28/h2-11,13,18,26,29,37H,12,14-15H2,1H3/t18-,26-/m0/s1. The van der Waals surface area contributed by atoms with Crippen molar-refractivity contribution in [3.8, 4) is 0 Å². The van der Waals surface area contributed by atoms with Crippen LogP contribution in [-0.4, -0.2) is 59.6 Å². The number of hydrogen-bond donors (Lipinski definition) is 1. The molecule has 4 aromatic rings. The Bertz CT molecular complexity index is 1910. The topological polar surface area (TPSA) is 119 Å². The first-order chi connectivity index (χ1) is 21.5. The lowest BCUT2D eigenvalue weighted by Gasteiger charge is -2.32. The minimum absolute atomic E-state index is 0.00179. The summed E-state index contributed by atoms with van der Waals surface area (Å²) in [6.07, 6.45) is 2.89. The van der Waals surface area contributed by atoms with Crippen LogP contribution in [0.5, 0.6) is 0 Å². The Morgan fingerprint density at radius 1 is 1.20 bits per heavy atom. The maximum Gasteiger partial charge on any atom is 0.333 e. The number of methoxy groups -OCH3 is 1. The van der Waals surface area contributed by atoms with E-state index >= 15 is 0 Å². The first kappa shape index (κ1) is 31.0. The van der Waals surface area contributed by atoms with E-state index in [-0.39, 0.29) is 35.0 Å². The Kier molecular flexibility index (Phi) is 8.52. The Morgan fingerprint density at radius 3 is 2.62 bits per heavy atom. The summed E-state index contributed by atoms with van der Waals surface area (Å²) < 4.78 is 76.1. The van der Waals surface area contributed by atoms with E-state index in [9.17, 15) is 26.4 Å². The summed E-state index contributed by atoms with van der Waals surface area (Å²) in [6, 6.07) is 9.60. The molecule has 45 heavy (non-hydrogen) atoms. The van der Waals surface area contributed by atoms with Gasteiger partial charge in [-0.15, -0.1) is 11.3 Å². The number of amidine groups is 1. The molecule has 0 saturated carbocycles. The molecule has 2 aromatic carbocycles. The van der Waals surface area contributed by atoms with Crippen molar-refractivity contribution in [1.82, 2.24) is 24.4 Å². The number of nitrogens with zero attached hydrogens (tertiary/aromatic N) is 5. The van der Waals surface area contributed by atoms with Gasteiger partial charge in [-0.2, -0.15) is 13.9 Å². The fourth-order valence-electron chi connectivity index (χ4n) is 5.35. The lowest BCUT2D eigenvalue weighted by atomic mass is 9.92. The molecule has 1 N–H and O–H groups in total. The molecule has 16 heteroatoms. The molecule has 2 aliphatic heterocycles. The van der Waals surface area contributed by atoms with Crippen molar-refractivity contribution >= 4 is 50.3 Å². The van der Waals surface area contributed by atoms with Crippen LogP contribution in [0, 0.1) is 5.82 Å². The molecule has 4 heterocycles. The molecule has 0 spiro atoms. The maximum absolute atomic E-state index is 14.1. The van der Waals surface area contributed by atoms with Gasteiger partial charge in [0.25, 0.3) is 0 Å². The van der Waals surface area contributed by atoms with Crippen LogP contribution in [0.25, 0.3) is 5.57 Å². The number of sulfonamides is 1. The number of halogens is 4. The van der Waals surface area contributed by atoms with Gasteiger partial charge in [0.1, 0.15) is 11.9 Å². The zero-order chi connectivity index (χ0) is 31.9. The molecule has 0 amide bonds. The van der Waals surface area contributed by atoms with Gasteiger partial charge in [-0.3, -0.25) is 9.79 Å². The monoisotopic (exact) mass is 676 g/mol. The summed E-state index contributed by atoms with van der Waals surface area (Å²) in [5.41, 5.74) is 2.20. The highest BCUT2D eigenvalue weighted by molar-refractivity contribution is 7.89. The molecule has 2 aliphatic rings. The van der Waals surface area contributed by atoms with Gasteiger partial charge < -0.3 is 9.64 Å². The number of nitrogens with one attached hydrogen (secondary N) is 1. The van der Waals surface area contributed by atoms with Crippen LogP contribution < -0.4 is 4.72 Å². The molecular weight excluding hydrogens is 653 g/mol. The second-order valence-electron chi connectivity index (χ2n) is 10.2. The fourth-order valence-corrected chi connectivity index (χ4v) is 7.48. The van der Waals surface area contributed by atoms with Gasteiger partial charge in [-0.05, 0) is 35.9 Å². The van der Waals surface area contributed by atoms with Crippen LogP contribution >= 0.6 is 22.9 Å². The van der Waals surface area contributed by atoms with E-state index in [1.165, 1.54) is 60.9 Å². The molecule has 1 fully saturated rings. The van der Waals surface area contributed by atoms with Crippen LogP contribution in [-0.2, 0) is 26.0 Å². The van der Waals surface area contributed by atoms with Crippen molar-refractivity contribution in [2.75, 3.05) is 13.7 Å². The number of aromatic nitrogens is 3. The Morgan fingerprint density at radius 2 is 1.98 bits per heavy atom. The molecular formula is C29H24ClF3N6O4S2. The van der Waals surface area contributed by atoms with Crippen molar-refractivity contribution in [3.63, 3.8) is 0 Å². The molecule has 0 bridgehead atoms. The number of esters is 1. The summed E-state index contributed by atoms with van der Waals surface area (Å²) in [4.78, 5) is 22.8. The van der Waals surface area contributed by atoms with Crippen molar-refractivity contribution in [3.05, 3.63) is 105 Å². The number of benzene rings is 2. The van der Waals surface area contributed by atoms with Crippen LogP contribution in [0.15, 0.2) is 81.9 Å². The highest BCUT2D eigenvalue weighted by Crippen LogP contribution is 2.46. The predicted octanol–water partition coefficient (Wildman–Crippen LogP) is 5.21. The van der Waals surface area contributed by atoms with Crippen molar-refractivity contribution in [1.29, 1.82) is 0 Å². The Balaban J connectivity index is 1.41. The van der Waals surface area contributed by atoms with E-state index in [1.807, 2.05) is 0 Å². The number of thiazole rings is 1. The van der Waals surface area contributed by atoms with Crippen molar-refractivity contribution < 1.29 is 31.1 Å². The van der Waals surface area contributed by atoms with Gasteiger partial charge in [0.15, 0.2) is 10.8 Å². The summed E-state index contributed by atoms with van der Waals surface area (Å²) >= 11 is 7.81. The first-order valence-electron chi connectivity index (χ1n) is 13.5. The maximum atomic E-state index is 14.1. The molecule has 10 nitrogen and oxygen atoms in total. The quantitative estimate of drug-likeness (QED) is 0.242. The average Bonchev–Trinajstić information content (AvgIpc) is 3.78. The van der Waals surface area contributed by atoms with Crippen LogP contribution in [0.2, 0.25) is 5.02 Å². The Labute approximate surface area is 264 Å². The second kappa shape index (κ2) is 12.4. The summed E-state index contributed by atoms with van der Waals surface area (Å²) in [7, 11) is -2.75. The number of fused-ring (bicyclic) bond motifs is 1. The lowest BCUT2D eigenvalue weighted by molar-refractivity contribution is -0.139. The molecule has 0 radical (unpaired) electrons. The van der Waals surface area contributed by atoms with Gasteiger partial charge in [0.05, 0.1) is 24.1 Å². The second-order valence-corrected chi connectivity index (χ2v) is 13.2. The molecule has 0 aliphatic carbocycles. The minimum Gasteiger partial charge on any atom is -0.469 e.